The van der Waals surface area contributed by atoms with Crippen molar-refractivity contribution in [3.63, 3.8) is 0 Å². The number of amides is 1. The topological polar surface area (TPSA) is 64.8 Å². The van der Waals surface area contributed by atoms with Crippen LogP contribution in [-0.2, 0) is 14.3 Å². The Balaban J connectivity index is 4.19. The minimum atomic E-state index is -0.404. The zero-order valence-corrected chi connectivity index (χ0v) is 12.0. The van der Waals surface area contributed by atoms with Crippen molar-refractivity contribution in [2.24, 2.45) is 5.73 Å². The highest BCUT2D eigenvalue weighted by atomic mass is 16.5. The van der Waals surface area contributed by atoms with Crippen molar-refractivity contribution in [3.05, 3.63) is 0 Å². The van der Waals surface area contributed by atoms with Gasteiger partial charge in [-0.25, -0.2) is 0 Å². The van der Waals surface area contributed by atoms with Gasteiger partial charge in [-0.3, -0.25) is 4.79 Å². The molecule has 18 heavy (non-hydrogen) atoms. The van der Waals surface area contributed by atoms with E-state index in [2.05, 4.69) is 0 Å². The van der Waals surface area contributed by atoms with Crippen molar-refractivity contribution in [3.8, 4) is 0 Å². The standard InChI is InChI=1S/C13H28N2O3/c1-4-7-12(14)13(16)15(8-10-17-5-2)9-11-18-6-3/h12H,4-11,14H2,1-3H3. The highest BCUT2D eigenvalue weighted by Crippen LogP contribution is 2.00. The normalized spacial score (nSPS) is 12.4. The Morgan fingerprint density at radius 3 is 2.00 bits per heavy atom. The summed E-state index contributed by atoms with van der Waals surface area (Å²) in [5.74, 6) is -0.00347. The molecule has 0 fully saturated rings. The van der Waals surface area contributed by atoms with Gasteiger partial charge in [-0.05, 0) is 20.3 Å². The number of rotatable bonds is 11. The number of carbonyl (C=O) groups is 1. The van der Waals surface area contributed by atoms with Crippen LogP contribution in [-0.4, -0.2) is 56.4 Å². The van der Waals surface area contributed by atoms with Gasteiger partial charge in [-0.15, -0.1) is 0 Å². The van der Waals surface area contributed by atoms with Gasteiger partial charge in [-0.2, -0.15) is 0 Å². The minimum absolute atomic E-state index is 0.00347. The zero-order chi connectivity index (χ0) is 13.8. The fraction of sp³-hybridized carbons (Fsp3) is 0.923. The monoisotopic (exact) mass is 260 g/mol. The Morgan fingerprint density at radius 1 is 1.11 bits per heavy atom. The Labute approximate surface area is 111 Å². The predicted molar refractivity (Wildman–Crippen MR) is 72.4 cm³/mol. The first-order chi connectivity index (χ1) is 8.67. The smallest absolute Gasteiger partial charge is 0.239 e. The summed E-state index contributed by atoms with van der Waals surface area (Å²) in [6.45, 7) is 9.49. The van der Waals surface area contributed by atoms with Gasteiger partial charge in [0.05, 0.1) is 19.3 Å². The first kappa shape index (κ1) is 17.4. The first-order valence-corrected chi connectivity index (χ1v) is 6.87. The van der Waals surface area contributed by atoms with E-state index >= 15 is 0 Å². The molecule has 0 saturated carbocycles. The number of ether oxygens (including phenoxy) is 2. The Kier molecular flexibility index (Phi) is 11.0. The third kappa shape index (κ3) is 7.63. The molecule has 108 valence electrons. The molecule has 0 spiro atoms. The molecule has 0 radical (unpaired) electrons. The molecule has 0 rings (SSSR count). The lowest BCUT2D eigenvalue weighted by atomic mass is 10.1. The van der Waals surface area contributed by atoms with E-state index in [0.29, 0.717) is 39.5 Å². The molecule has 0 heterocycles. The molecule has 1 unspecified atom stereocenters. The molecule has 5 nitrogen and oxygen atoms in total. The van der Waals surface area contributed by atoms with E-state index < -0.39 is 6.04 Å². The summed E-state index contributed by atoms with van der Waals surface area (Å²) in [6, 6.07) is -0.404. The minimum Gasteiger partial charge on any atom is -0.380 e. The van der Waals surface area contributed by atoms with Crippen molar-refractivity contribution < 1.29 is 14.3 Å². The van der Waals surface area contributed by atoms with Crippen LogP contribution in [0.5, 0.6) is 0 Å². The van der Waals surface area contributed by atoms with Crippen LogP contribution in [0.2, 0.25) is 0 Å². The number of carbonyl (C=O) groups excluding carboxylic acids is 1. The van der Waals surface area contributed by atoms with Gasteiger partial charge in [0.2, 0.25) is 5.91 Å². The predicted octanol–water partition coefficient (Wildman–Crippen LogP) is 1.02. The highest BCUT2D eigenvalue weighted by molar-refractivity contribution is 5.81. The Hall–Kier alpha value is -0.650. The molecule has 5 heteroatoms. The average Bonchev–Trinajstić information content (AvgIpc) is 2.37. The summed E-state index contributed by atoms with van der Waals surface area (Å²) in [5.41, 5.74) is 5.86. The second-order valence-corrected chi connectivity index (χ2v) is 4.11. The van der Waals surface area contributed by atoms with E-state index in [1.807, 2.05) is 20.8 Å². The lowest BCUT2D eigenvalue weighted by molar-refractivity contribution is -0.134. The van der Waals surface area contributed by atoms with Gasteiger partial charge >= 0.3 is 0 Å². The second-order valence-electron chi connectivity index (χ2n) is 4.11. The Morgan fingerprint density at radius 2 is 1.61 bits per heavy atom. The van der Waals surface area contributed by atoms with Crippen LogP contribution in [0, 0.1) is 0 Å². The van der Waals surface area contributed by atoms with E-state index in [1.54, 1.807) is 4.90 Å². The van der Waals surface area contributed by atoms with Crippen molar-refractivity contribution in [2.75, 3.05) is 39.5 Å². The maximum absolute atomic E-state index is 12.1. The molecule has 0 aliphatic carbocycles. The maximum atomic E-state index is 12.1. The van der Waals surface area contributed by atoms with Crippen LogP contribution in [0.3, 0.4) is 0 Å². The molecule has 0 bridgehead atoms. The first-order valence-electron chi connectivity index (χ1n) is 6.87. The molecule has 2 N–H and O–H groups in total. The number of nitrogens with two attached hydrogens (primary N) is 1. The van der Waals surface area contributed by atoms with Crippen molar-refractivity contribution in [1.82, 2.24) is 4.90 Å². The van der Waals surface area contributed by atoms with Crippen LogP contribution in [0.4, 0.5) is 0 Å². The summed E-state index contributed by atoms with van der Waals surface area (Å²) < 4.78 is 10.6. The van der Waals surface area contributed by atoms with E-state index in [0.717, 1.165) is 12.8 Å². The fourth-order valence-corrected chi connectivity index (χ4v) is 1.64. The van der Waals surface area contributed by atoms with E-state index in [1.165, 1.54) is 0 Å². The Bertz CT molecular complexity index is 202. The zero-order valence-electron chi connectivity index (χ0n) is 12.0. The third-order valence-corrected chi connectivity index (χ3v) is 2.65. The lowest BCUT2D eigenvalue weighted by Gasteiger charge is -2.25. The van der Waals surface area contributed by atoms with E-state index in [9.17, 15) is 4.79 Å². The second kappa shape index (κ2) is 11.4. The van der Waals surface area contributed by atoms with E-state index in [-0.39, 0.29) is 5.91 Å². The van der Waals surface area contributed by atoms with Gasteiger partial charge in [0, 0.05) is 26.3 Å². The van der Waals surface area contributed by atoms with Crippen molar-refractivity contribution in [1.29, 1.82) is 0 Å². The van der Waals surface area contributed by atoms with Crippen molar-refractivity contribution >= 4 is 5.91 Å². The number of hydrogen-bond donors (Lipinski definition) is 1. The molecular formula is C13H28N2O3. The van der Waals surface area contributed by atoms with Gasteiger partial charge in [0.25, 0.3) is 0 Å². The van der Waals surface area contributed by atoms with Crippen molar-refractivity contribution in [2.45, 2.75) is 39.7 Å². The van der Waals surface area contributed by atoms with Crippen LogP contribution < -0.4 is 5.73 Å². The molecule has 0 aromatic heterocycles. The summed E-state index contributed by atoms with van der Waals surface area (Å²) >= 11 is 0. The summed E-state index contributed by atoms with van der Waals surface area (Å²) in [7, 11) is 0. The molecule has 0 saturated heterocycles. The molecule has 0 aromatic rings. The number of nitrogens with zero attached hydrogens (tertiary/aromatic N) is 1. The van der Waals surface area contributed by atoms with Gasteiger partial charge < -0.3 is 20.1 Å². The van der Waals surface area contributed by atoms with Gasteiger partial charge in [-0.1, -0.05) is 13.3 Å². The molecule has 1 amide bonds. The third-order valence-electron chi connectivity index (χ3n) is 2.65. The quantitative estimate of drug-likeness (QED) is 0.563. The van der Waals surface area contributed by atoms with Gasteiger partial charge in [0.1, 0.15) is 0 Å². The molecule has 0 aliphatic heterocycles. The molecule has 0 aromatic carbocycles. The highest BCUT2D eigenvalue weighted by Gasteiger charge is 2.19. The molecule has 0 aliphatic rings. The average molecular weight is 260 g/mol. The van der Waals surface area contributed by atoms with Gasteiger partial charge in [0.15, 0.2) is 0 Å². The van der Waals surface area contributed by atoms with Crippen LogP contribution in [0.25, 0.3) is 0 Å². The fourth-order valence-electron chi connectivity index (χ4n) is 1.64. The van der Waals surface area contributed by atoms with Crippen LogP contribution in [0.15, 0.2) is 0 Å². The maximum Gasteiger partial charge on any atom is 0.239 e. The summed E-state index contributed by atoms with van der Waals surface area (Å²) in [5, 5.41) is 0. The lowest BCUT2D eigenvalue weighted by Crippen LogP contribution is -2.46. The SMILES string of the molecule is CCCC(N)C(=O)N(CCOCC)CCOCC. The van der Waals surface area contributed by atoms with E-state index in [4.69, 9.17) is 15.2 Å². The number of hydrogen-bond acceptors (Lipinski definition) is 4. The summed E-state index contributed by atoms with van der Waals surface area (Å²) in [6.07, 6.45) is 1.64. The van der Waals surface area contributed by atoms with Crippen LogP contribution in [0.1, 0.15) is 33.6 Å². The molecular weight excluding hydrogens is 232 g/mol. The largest absolute Gasteiger partial charge is 0.380 e. The summed E-state index contributed by atoms with van der Waals surface area (Å²) in [4.78, 5) is 13.9. The molecule has 1 atom stereocenters. The van der Waals surface area contributed by atoms with Crippen LogP contribution >= 0.6 is 0 Å².